The summed E-state index contributed by atoms with van der Waals surface area (Å²) < 4.78 is 11.7. The Kier molecular flexibility index (Phi) is 5.67. The van der Waals surface area contributed by atoms with Crippen molar-refractivity contribution in [1.82, 2.24) is 14.9 Å². The van der Waals surface area contributed by atoms with E-state index in [2.05, 4.69) is 10.3 Å². The molecule has 1 aliphatic rings. The van der Waals surface area contributed by atoms with Gasteiger partial charge in [0.05, 0.1) is 24.4 Å². The van der Waals surface area contributed by atoms with Gasteiger partial charge < -0.3 is 14.8 Å². The van der Waals surface area contributed by atoms with Crippen LogP contribution in [0.4, 0.5) is 0 Å². The van der Waals surface area contributed by atoms with Crippen LogP contribution in [0.25, 0.3) is 10.2 Å². The largest absolute Gasteiger partial charge is 0.462 e. The Morgan fingerprint density at radius 3 is 3.00 bits per heavy atom. The van der Waals surface area contributed by atoms with Gasteiger partial charge in [-0.1, -0.05) is 0 Å². The number of aryl methyl sites for hydroxylation is 1. The van der Waals surface area contributed by atoms with Crippen molar-refractivity contribution in [3.8, 4) is 0 Å². The molecule has 26 heavy (non-hydrogen) atoms. The molecule has 1 aliphatic heterocycles. The maximum Gasteiger partial charge on any atom is 0.348 e. The van der Waals surface area contributed by atoms with E-state index < -0.39 is 5.97 Å². The molecule has 0 unspecified atom stereocenters. The molecule has 0 saturated carbocycles. The van der Waals surface area contributed by atoms with Crippen LogP contribution in [-0.2, 0) is 20.8 Å². The molecule has 1 fully saturated rings. The van der Waals surface area contributed by atoms with E-state index in [9.17, 15) is 14.4 Å². The van der Waals surface area contributed by atoms with Gasteiger partial charge in [0.15, 0.2) is 0 Å². The second-order valence-electron chi connectivity index (χ2n) is 6.07. The molecule has 3 rings (SSSR count). The van der Waals surface area contributed by atoms with Crippen molar-refractivity contribution in [3.63, 3.8) is 0 Å². The average molecular weight is 379 g/mol. The highest BCUT2D eigenvalue weighted by Gasteiger charge is 2.21. The van der Waals surface area contributed by atoms with Crippen molar-refractivity contribution in [2.45, 2.75) is 39.3 Å². The Bertz CT molecular complexity index is 882. The minimum atomic E-state index is -0.465. The molecular formula is C17H21N3O5S. The number of aromatic nitrogens is 2. The summed E-state index contributed by atoms with van der Waals surface area (Å²) in [6, 6.07) is 0. The van der Waals surface area contributed by atoms with Gasteiger partial charge in [0, 0.05) is 13.2 Å². The molecule has 0 spiro atoms. The third-order valence-electron chi connectivity index (χ3n) is 4.24. The molecule has 1 N–H and O–H groups in total. The molecular weight excluding hydrogens is 358 g/mol. The molecule has 2 aromatic rings. The van der Waals surface area contributed by atoms with Crippen molar-refractivity contribution in [2.24, 2.45) is 0 Å². The summed E-state index contributed by atoms with van der Waals surface area (Å²) in [7, 11) is 0. The Morgan fingerprint density at radius 2 is 2.31 bits per heavy atom. The van der Waals surface area contributed by atoms with Gasteiger partial charge in [0.25, 0.3) is 5.56 Å². The summed E-state index contributed by atoms with van der Waals surface area (Å²) in [6.45, 7) is 4.71. The summed E-state index contributed by atoms with van der Waals surface area (Å²) in [4.78, 5) is 41.9. The first-order valence-corrected chi connectivity index (χ1v) is 9.36. The molecule has 9 heteroatoms. The van der Waals surface area contributed by atoms with E-state index in [0.717, 1.165) is 30.8 Å². The summed E-state index contributed by atoms with van der Waals surface area (Å²) >= 11 is 1.12. The van der Waals surface area contributed by atoms with Crippen LogP contribution in [0.1, 0.15) is 35.0 Å². The third kappa shape index (κ3) is 3.78. The van der Waals surface area contributed by atoms with Crippen LogP contribution in [0.3, 0.4) is 0 Å². The number of hydrogen-bond donors (Lipinski definition) is 1. The Morgan fingerprint density at radius 1 is 1.50 bits per heavy atom. The number of hydrogen-bond acceptors (Lipinski definition) is 7. The zero-order chi connectivity index (χ0) is 18.7. The number of fused-ring (bicyclic) bond motifs is 1. The zero-order valence-electron chi connectivity index (χ0n) is 14.7. The highest BCUT2D eigenvalue weighted by Crippen LogP contribution is 2.27. The lowest BCUT2D eigenvalue weighted by atomic mass is 10.2. The van der Waals surface area contributed by atoms with Crippen molar-refractivity contribution in [3.05, 3.63) is 27.1 Å². The highest BCUT2D eigenvalue weighted by atomic mass is 32.1. The van der Waals surface area contributed by atoms with Gasteiger partial charge in [0.1, 0.15) is 16.3 Å². The molecule has 1 atom stereocenters. The van der Waals surface area contributed by atoms with Crippen LogP contribution < -0.4 is 10.9 Å². The second kappa shape index (κ2) is 7.96. The van der Waals surface area contributed by atoms with Crippen LogP contribution in [-0.4, -0.2) is 47.3 Å². The monoisotopic (exact) mass is 379 g/mol. The molecule has 1 amide bonds. The van der Waals surface area contributed by atoms with Crippen LogP contribution in [0, 0.1) is 6.92 Å². The van der Waals surface area contributed by atoms with E-state index in [1.807, 2.05) is 0 Å². The number of amides is 1. The van der Waals surface area contributed by atoms with Crippen molar-refractivity contribution >= 4 is 33.4 Å². The average Bonchev–Trinajstić information content (AvgIpc) is 3.24. The predicted molar refractivity (Wildman–Crippen MR) is 96.6 cm³/mol. The van der Waals surface area contributed by atoms with Crippen molar-refractivity contribution in [1.29, 1.82) is 0 Å². The van der Waals surface area contributed by atoms with Gasteiger partial charge >= 0.3 is 5.97 Å². The van der Waals surface area contributed by atoms with Crippen LogP contribution in [0.2, 0.25) is 0 Å². The van der Waals surface area contributed by atoms with E-state index >= 15 is 0 Å². The Balaban J connectivity index is 1.78. The topological polar surface area (TPSA) is 99.5 Å². The van der Waals surface area contributed by atoms with Gasteiger partial charge in [-0.3, -0.25) is 14.2 Å². The Labute approximate surface area is 154 Å². The van der Waals surface area contributed by atoms with Gasteiger partial charge in [-0.15, -0.1) is 11.3 Å². The normalized spacial score (nSPS) is 16.8. The second-order valence-corrected chi connectivity index (χ2v) is 7.07. The molecule has 140 valence electrons. The quantitative estimate of drug-likeness (QED) is 0.758. The molecule has 2 aromatic heterocycles. The smallest absolute Gasteiger partial charge is 0.348 e. The van der Waals surface area contributed by atoms with E-state index in [1.165, 1.54) is 10.9 Å². The van der Waals surface area contributed by atoms with Gasteiger partial charge in [0.2, 0.25) is 5.91 Å². The standard InChI is InChI=1S/C17H21N3O5S/c1-3-24-17(23)14-10(2)13-15(26-14)19-9-20(16(13)22)8-12(21)18-7-11-5-4-6-25-11/h9,11H,3-8H2,1-2H3,(H,18,21)/t11-/m0/s1. The lowest BCUT2D eigenvalue weighted by Gasteiger charge is -2.11. The first-order valence-electron chi connectivity index (χ1n) is 8.55. The van der Waals surface area contributed by atoms with Crippen LogP contribution >= 0.6 is 11.3 Å². The first-order chi connectivity index (χ1) is 12.5. The number of carbonyl (C=O) groups is 2. The van der Waals surface area contributed by atoms with Gasteiger partial charge in [-0.2, -0.15) is 0 Å². The Hall–Kier alpha value is -2.26. The predicted octanol–water partition coefficient (Wildman–Crippen LogP) is 1.24. The lowest BCUT2D eigenvalue weighted by Crippen LogP contribution is -2.36. The summed E-state index contributed by atoms with van der Waals surface area (Å²) in [5, 5.41) is 3.13. The fourth-order valence-electron chi connectivity index (χ4n) is 2.91. The van der Waals surface area contributed by atoms with Gasteiger partial charge in [-0.05, 0) is 32.3 Å². The van der Waals surface area contributed by atoms with E-state index in [-0.39, 0.29) is 30.7 Å². The number of esters is 1. The molecule has 3 heterocycles. The van der Waals surface area contributed by atoms with Crippen molar-refractivity contribution in [2.75, 3.05) is 19.8 Å². The zero-order valence-corrected chi connectivity index (χ0v) is 15.6. The van der Waals surface area contributed by atoms with E-state index in [4.69, 9.17) is 9.47 Å². The SMILES string of the molecule is CCOC(=O)c1sc2ncn(CC(=O)NC[C@@H]3CCCO3)c(=O)c2c1C. The first kappa shape index (κ1) is 18.5. The molecule has 0 bridgehead atoms. The fourth-order valence-corrected chi connectivity index (χ4v) is 3.94. The molecule has 0 aliphatic carbocycles. The molecule has 0 aromatic carbocycles. The number of nitrogens with one attached hydrogen (secondary N) is 1. The molecule has 8 nitrogen and oxygen atoms in total. The minimum Gasteiger partial charge on any atom is -0.462 e. The van der Waals surface area contributed by atoms with Crippen LogP contribution in [0.5, 0.6) is 0 Å². The summed E-state index contributed by atoms with van der Waals surface area (Å²) in [5.41, 5.74) is 0.196. The highest BCUT2D eigenvalue weighted by molar-refractivity contribution is 7.20. The van der Waals surface area contributed by atoms with E-state index in [1.54, 1.807) is 13.8 Å². The molecule has 0 radical (unpaired) electrons. The third-order valence-corrected chi connectivity index (χ3v) is 5.42. The minimum absolute atomic E-state index is 0.0440. The van der Waals surface area contributed by atoms with Crippen molar-refractivity contribution < 1.29 is 19.1 Å². The summed E-state index contributed by atoms with van der Waals surface area (Å²) in [5.74, 6) is -0.740. The lowest BCUT2D eigenvalue weighted by molar-refractivity contribution is -0.122. The fraction of sp³-hybridized carbons (Fsp3) is 0.529. The maximum absolute atomic E-state index is 12.7. The maximum atomic E-state index is 12.7. The van der Waals surface area contributed by atoms with E-state index in [0.29, 0.717) is 27.2 Å². The van der Waals surface area contributed by atoms with Gasteiger partial charge in [-0.25, -0.2) is 9.78 Å². The number of rotatable bonds is 6. The summed E-state index contributed by atoms with van der Waals surface area (Å²) in [6.07, 6.45) is 3.31. The van der Waals surface area contributed by atoms with Crippen LogP contribution in [0.15, 0.2) is 11.1 Å². The number of nitrogens with zero attached hydrogens (tertiary/aromatic N) is 2. The number of ether oxygens (including phenoxy) is 2. The number of carbonyl (C=O) groups excluding carboxylic acids is 2. The molecule has 1 saturated heterocycles. The number of thiophene rings is 1.